The van der Waals surface area contributed by atoms with Crippen LogP contribution in [0.1, 0.15) is 13.3 Å². The quantitative estimate of drug-likeness (QED) is 0.445. The number of hydrogen-bond acceptors (Lipinski definition) is 2. The Morgan fingerprint density at radius 2 is 2.00 bits per heavy atom. The predicted octanol–water partition coefficient (Wildman–Crippen LogP) is 0.738. The molecule has 0 aliphatic rings. The molecule has 10 heavy (non-hydrogen) atoms. The Hall–Kier alpha value is -1.32. The van der Waals surface area contributed by atoms with Crippen molar-refractivity contribution in [2.75, 3.05) is 0 Å². The second kappa shape index (κ2) is 7.68. The van der Waals surface area contributed by atoms with E-state index in [1.54, 1.807) is 6.92 Å². The van der Waals surface area contributed by atoms with Crippen LogP contribution in [0, 0.1) is 0 Å². The summed E-state index contributed by atoms with van der Waals surface area (Å²) in [7, 11) is 0. The van der Waals surface area contributed by atoms with Gasteiger partial charge in [-0.25, -0.2) is 4.79 Å². The fourth-order valence-electron chi connectivity index (χ4n) is 0.151. The minimum atomic E-state index is -0.900. The Bertz CT molecular complexity index is 128. The molecule has 0 fully saturated rings. The highest BCUT2D eigenvalue weighted by Crippen LogP contribution is 1.93. The smallest absolute Gasteiger partial charge is 0.330 e. The SMILES string of the molecule is C=C(CC)C(=O)O.O=CO. The van der Waals surface area contributed by atoms with E-state index in [4.69, 9.17) is 15.0 Å². The maximum Gasteiger partial charge on any atom is 0.330 e. The molecule has 58 valence electrons. The van der Waals surface area contributed by atoms with E-state index in [1.165, 1.54) is 0 Å². The molecule has 0 bridgehead atoms. The van der Waals surface area contributed by atoms with E-state index < -0.39 is 5.97 Å². The van der Waals surface area contributed by atoms with Gasteiger partial charge in [0.15, 0.2) is 0 Å². The fraction of sp³-hybridized carbons (Fsp3) is 0.333. The van der Waals surface area contributed by atoms with Crippen molar-refractivity contribution in [2.45, 2.75) is 13.3 Å². The first-order valence-electron chi connectivity index (χ1n) is 2.59. The largest absolute Gasteiger partial charge is 0.483 e. The van der Waals surface area contributed by atoms with Crippen LogP contribution in [0.5, 0.6) is 0 Å². The molecule has 0 spiro atoms. The van der Waals surface area contributed by atoms with Gasteiger partial charge in [0.25, 0.3) is 6.47 Å². The molecule has 0 aromatic rings. The lowest BCUT2D eigenvalue weighted by molar-refractivity contribution is -0.132. The first-order valence-corrected chi connectivity index (χ1v) is 2.59. The van der Waals surface area contributed by atoms with Crippen LogP contribution in [-0.2, 0) is 9.59 Å². The third-order valence-corrected chi connectivity index (χ3v) is 0.729. The van der Waals surface area contributed by atoms with E-state index in [0.717, 1.165) is 0 Å². The number of hydrogen-bond donors (Lipinski definition) is 2. The van der Waals surface area contributed by atoms with Gasteiger partial charge in [-0.3, -0.25) is 4.79 Å². The van der Waals surface area contributed by atoms with E-state index in [1.807, 2.05) is 0 Å². The lowest BCUT2D eigenvalue weighted by Gasteiger charge is -1.87. The van der Waals surface area contributed by atoms with E-state index in [0.29, 0.717) is 6.42 Å². The Labute approximate surface area is 58.8 Å². The van der Waals surface area contributed by atoms with Crippen LogP contribution >= 0.6 is 0 Å². The Morgan fingerprint density at radius 1 is 1.70 bits per heavy atom. The van der Waals surface area contributed by atoms with Crippen molar-refractivity contribution in [3.63, 3.8) is 0 Å². The van der Waals surface area contributed by atoms with Gasteiger partial charge in [0.05, 0.1) is 0 Å². The molecule has 0 unspecified atom stereocenters. The van der Waals surface area contributed by atoms with E-state index >= 15 is 0 Å². The predicted molar refractivity (Wildman–Crippen MR) is 35.8 cm³/mol. The summed E-state index contributed by atoms with van der Waals surface area (Å²) < 4.78 is 0. The molecule has 2 N–H and O–H groups in total. The Balaban J connectivity index is 0. The Morgan fingerprint density at radius 3 is 2.00 bits per heavy atom. The highest BCUT2D eigenvalue weighted by Gasteiger charge is 1.96. The second-order valence-corrected chi connectivity index (χ2v) is 1.37. The lowest BCUT2D eigenvalue weighted by Crippen LogP contribution is -1.95. The summed E-state index contributed by atoms with van der Waals surface area (Å²) in [4.78, 5) is 18.2. The molecule has 0 aliphatic heterocycles. The summed E-state index contributed by atoms with van der Waals surface area (Å²) >= 11 is 0. The highest BCUT2D eigenvalue weighted by molar-refractivity contribution is 5.85. The maximum absolute atomic E-state index is 9.83. The van der Waals surface area contributed by atoms with Crippen LogP contribution in [-0.4, -0.2) is 22.7 Å². The minimum absolute atomic E-state index is 0.250. The van der Waals surface area contributed by atoms with Gasteiger partial charge in [-0.2, -0.15) is 0 Å². The van der Waals surface area contributed by atoms with Crippen LogP contribution in [0.15, 0.2) is 12.2 Å². The zero-order valence-corrected chi connectivity index (χ0v) is 5.70. The molecule has 0 rings (SSSR count). The van der Waals surface area contributed by atoms with Crippen LogP contribution in [0.4, 0.5) is 0 Å². The normalized spacial score (nSPS) is 6.90. The molecule has 0 radical (unpaired) electrons. The second-order valence-electron chi connectivity index (χ2n) is 1.37. The standard InChI is InChI=1S/C5H8O2.CH2O2/c1-3-4(2)5(6)7;2-1-3/h2-3H2,1H3,(H,6,7);1H,(H,2,3). The van der Waals surface area contributed by atoms with E-state index in [2.05, 4.69) is 6.58 Å². The zero-order valence-electron chi connectivity index (χ0n) is 5.70. The minimum Gasteiger partial charge on any atom is -0.483 e. The lowest BCUT2D eigenvalue weighted by atomic mass is 10.2. The highest BCUT2D eigenvalue weighted by atomic mass is 16.4. The number of carboxylic acid groups (broad SMARTS) is 2. The van der Waals surface area contributed by atoms with Crippen molar-refractivity contribution in [3.05, 3.63) is 12.2 Å². The number of carbonyl (C=O) groups is 2. The van der Waals surface area contributed by atoms with E-state index in [9.17, 15) is 4.79 Å². The monoisotopic (exact) mass is 146 g/mol. The summed E-state index contributed by atoms with van der Waals surface area (Å²) in [6.45, 7) is 4.78. The fourth-order valence-corrected chi connectivity index (χ4v) is 0.151. The van der Waals surface area contributed by atoms with Gasteiger partial charge in [0.1, 0.15) is 0 Å². The van der Waals surface area contributed by atoms with Crippen LogP contribution in [0.3, 0.4) is 0 Å². The molecule has 4 nitrogen and oxygen atoms in total. The van der Waals surface area contributed by atoms with Gasteiger partial charge in [-0.15, -0.1) is 0 Å². The number of rotatable bonds is 2. The molecular weight excluding hydrogens is 136 g/mol. The van der Waals surface area contributed by atoms with Crippen molar-refractivity contribution in [1.29, 1.82) is 0 Å². The van der Waals surface area contributed by atoms with Crippen LogP contribution < -0.4 is 0 Å². The summed E-state index contributed by atoms with van der Waals surface area (Å²) in [5.41, 5.74) is 0.264. The molecule has 0 heterocycles. The van der Waals surface area contributed by atoms with E-state index in [-0.39, 0.29) is 12.0 Å². The van der Waals surface area contributed by atoms with Gasteiger partial charge < -0.3 is 10.2 Å². The molecule has 0 amide bonds. The third kappa shape index (κ3) is 9.84. The van der Waals surface area contributed by atoms with Gasteiger partial charge >= 0.3 is 5.97 Å². The molecule has 0 aliphatic carbocycles. The van der Waals surface area contributed by atoms with Crippen LogP contribution in [0.25, 0.3) is 0 Å². The van der Waals surface area contributed by atoms with Crippen molar-refractivity contribution in [3.8, 4) is 0 Å². The zero-order chi connectivity index (χ0) is 8.57. The topological polar surface area (TPSA) is 74.6 Å². The molecule has 0 saturated heterocycles. The first kappa shape index (κ1) is 11.5. The molecule has 0 saturated carbocycles. The Kier molecular flexibility index (Phi) is 8.81. The average molecular weight is 146 g/mol. The molecule has 0 aromatic heterocycles. The molecule has 0 aromatic carbocycles. The molecule has 0 atom stereocenters. The number of carboxylic acids is 1. The third-order valence-electron chi connectivity index (χ3n) is 0.729. The van der Waals surface area contributed by atoms with Crippen molar-refractivity contribution >= 4 is 12.4 Å². The van der Waals surface area contributed by atoms with Gasteiger partial charge in [-0.1, -0.05) is 13.5 Å². The van der Waals surface area contributed by atoms with Crippen molar-refractivity contribution < 1.29 is 19.8 Å². The van der Waals surface area contributed by atoms with Crippen molar-refractivity contribution in [2.24, 2.45) is 0 Å². The summed E-state index contributed by atoms with van der Waals surface area (Å²) in [5.74, 6) is -0.900. The first-order chi connectivity index (χ1) is 4.59. The van der Waals surface area contributed by atoms with Crippen molar-refractivity contribution in [1.82, 2.24) is 0 Å². The molecule has 4 heteroatoms. The summed E-state index contributed by atoms with van der Waals surface area (Å²) in [5, 5.41) is 15.0. The van der Waals surface area contributed by atoms with Gasteiger partial charge in [0, 0.05) is 5.57 Å². The molecular formula is C6H10O4. The summed E-state index contributed by atoms with van der Waals surface area (Å²) in [6.07, 6.45) is 0.523. The summed E-state index contributed by atoms with van der Waals surface area (Å²) in [6, 6.07) is 0. The van der Waals surface area contributed by atoms with Gasteiger partial charge in [0.2, 0.25) is 0 Å². The van der Waals surface area contributed by atoms with Gasteiger partial charge in [-0.05, 0) is 6.42 Å². The maximum atomic E-state index is 9.83. The average Bonchev–Trinajstić information content (AvgIpc) is 1.88. The number of aliphatic carboxylic acids is 1. The van der Waals surface area contributed by atoms with Crippen LogP contribution in [0.2, 0.25) is 0 Å².